The molecule has 4 aromatic rings. The van der Waals surface area contributed by atoms with Crippen LogP contribution in [0.4, 0.5) is 14.6 Å². The van der Waals surface area contributed by atoms with E-state index in [1.807, 2.05) is 0 Å². The van der Waals surface area contributed by atoms with E-state index in [1.54, 1.807) is 41.2 Å². The number of hydrogen-bond acceptors (Lipinski definition) is 3. The summed E-state index contributed by atoms with van der Waals surface area (Å²) in [6.07, 6.45) is 4.00. The van der Waals surface area contributed by atoms with Crippen LogP contribution >= 0.6 is 0 Å². The van der Waals surface area contributed by atoms with Crippen molar-refractivity contribution in [3.05, 3.63) is 48.7 Å². The van der Waals surface area contributed by atoms with Crippen LogP contribution in [0.5, 0.6) is 0 Å². The second-order valence-corrected chi connectivity index (χ2v) is 6.39. The molecule has 0 unspecified atom stereocenters. The Kier molecular flexibility index (Phi) is 3.09. The summed E-state index contributed by atoms with van der Waals surface area (Å²) in [5.74, 6) is -0.958. The Morgan fingerprint density at radius 3 is 3.00 bits per heavy atom. The summed E-state index contributed by atoms with van der Waals surface area (Å²) in [6.45, 7) is 0. The summed E-state index contributed by atoms with van der Waals surface area (Å²) in [7, 11) is 0. The van der Waals surface area contributed by atoms with Crippen molar-refractivity contribution in [3.8, 4) is 11.1 Å². The number of amides is 1. The lowest BCUT2D eigenvalue weighted by molar-refractivity contribution is -0.117. The number of nitrogens with zero attached hydrogens (tertiary/aromatic N) is 3. The number of fused-ring (bicyclic) bond motifs is 2. The Morgan fingerprint density at radius 2 is 2.19 bits per heavy atom. The normalized spacial score (nSPS) is 19.2. The number of aromatic nitrogens is 4. The van der Waals surface area contributed by atoms with Gasteiger partial charge >= 0.3 is 0 Å². The quantitative estimate of drug-likeness (QED) is 0.593. The Morgan fingerprint density at radius 1 is 1.35 bits per heavy atom. The Labute approximate surface area is 145 Å². The molecule has 8 heteroatoms. The summed E-state index contributed by atoms with van der Waals surface area (Å²) in [5.41, 5.74) is 2.20. The van der Waals surface area contributed by atoms with Crippen LogP contribution in [0.2, 0.25) is 0 Å². The van der Waals surface area contributed by atoms with Crippen LogP contribution in [0.1, 0.15) is 6.42 Å². The summed E-state index contributed by atoms with van der Waals surface area (Å²) < 4.78 is 29.3. The summed E-state index contributed by atoms with van der Waals surface area (Å²) in [6, 6.07) is 6.79. The monoisotopic (exact) mass is 353 g/mol. The fourth-order valence-electron chi connectivity index (χ4n) is 3.05. The molecule has 2 N–H and O–H groups in total. The lowest BCUT2D eigenvalue weighted by Crippen LogP contribution is -2.15. The number of nitrogens with one attached hydrogen (secondary N) is 2. The number of anilines is 1. The predicted octanol–water partition coefficient (Wildman–Crippen LogP) is 3.31. The SMILES string of the molecule is O=C(Nc1cc2cc(-c3cnc4[nH]ccc4c3F)ccn2n1)[C@@H]1C[C@@H]1F. The van der Waals surface area contributed by atoms with E-state index in [1.165, 1.54) is 6.20 Å². The highest BCUT2D eigenvalue weighted by molar-refractivity contribution is 5.94. The Hall–Kier alpha value is -3.29. The fourth-order valence-corrected chi connectivity index (χ4v) is 3.05. The number of halogens is 2. The van der Waals surface area contributed by atoms with Crippen molar-refractivity contribution in [1.82, 2.24) is 19.6 Å². The second kappa shape index (κ2) is 5.35. The van der Waals surface area contributed by atoms with Crippen molar-refractivity contribution in [2.75, 3.05) is 5.32 Å². The van der Waals surface area contributed by atoms with E-state index in [2.05, 4.69) is 20.4 Å². The first-order valence-corrected chi connectivity index (χ1v) is 8.16. The Balaban J connectivity index is 1.50. The van der Waals surface area contributed by atoms with Gasteiger partial charge in [0.1, 0.15) is 17.6 Å². The zero-order chi connectivity index (χ0) is 17.8. The molecule has 1 amide bonds. The van der Waals surface area contributed by atoms with Gasteiger partial charge in [-0.25, -0.2) is 18.3 Å². The third-order valence-electron chi connectivity index (χ3n) is 4.60. The molecule has 1 saturated carbocycles. The molecule has 130 valence electrons. The molecule has 6 nitrogen and oxygen atoms in total. The minimum absolute atomic E-state index is 0.261. The lowest BCUT2D eigenvalue weighted by Gasteiger charge is -2.04. The zero-order valence-corrected chi connectivity index (χ0v) is 13.4. The first-order chi connectivity index (χ1) is 12.6. The van der Waals surface area contributed by atoms with E-state index >= 15 is 0 Å². The lowest BCUT2D eigenvalue weighted by atomic mass is 10.1. The minimum atomic E-state index is -1.06. The fraction of sp³-hybridized carbons (Fsp3) is 0.167. The van der Waals surface area contributed by atoms with Gasteiger partial charge in [-0.1, -0.05) is 0 Å². The van der Waals surface area contributed by atoms with E-state index in [9.17, 15) is 13.6 Å². The number of hydrogen-bond donors (Lipinski definition) is 2. The molecule has 1 fully saturated rings. The van der Waals surface area contributed by atoms with Crippen molar-refractivity contribution in [1.29, 1.82) is 0 Å². The van der Waals surface area contributed by atoms with Gasteiger partial charge < -0.3 is 10.3 Å². The van der Waals surface area contributed by atoms with Crippen LogP contribution in [0.15, 0.2) is 42.9 Å². The van der Waals surface area contributed by atoms with Crippen molar-refractivity contribution in [2.24, 2.45) is 5.92 Å². The molecule has 0 aliphatic heterocycles. The van der Waals surface area contributed by atoms with Gasteiger partial charge in [0.15, 0.2) is 5.82 Å². The molecule has 2 atom stereocenters. The van der Waals surface area contributed by atoms with Crippen LogP contribution in [-0.2, 0) is 4.79 Å². The van der Waals surface area contributed by atoms with Crippen LogP contribution in [-0.4, -0.2) is 31.7 Å². The molecular weight excluding hydrogens is 340 g/mol. The molecule has 0 saturated heterocycles. The Bertz CT molecular complexity index is 1170. The van der Waals surface area contributed by atoms with E-state index in [0.29, 0.717) is 33.5 Å². The number of carbonyl (C=O) groups is 1. The number of aromatic amines is 1. The van der Waals surface area contributed by atoms with Crippen molar-refractivity contribution in [3.63, 3.8) is 0 Å². The number of pyridine rings is 2. The molecule has 1 aliphatic rings. The van der Waals surface area contributed by atoms with Gasteiger partial charge in [0.25, 0.3) is 0 Å². The maximum Gasteiger partial charge on any atom is 0.231 e. The van der Waals surface area contributed by atoms with Crippen LogP contribution in [0.25, 0.3) is 27.7 Å². The highest BCUT2D eigenvalue weighted by Gasteiger charge is 2.43. The summed E-state index contributed by atoms with van der Waals surface area (Å²) in [4.78, 5) is 18.9. The molecule has 0 aromatic carbocycles. The van der Waals surface area contributed by atoms with Gasteiger partial charge in [0, 0.05) is 30.2 Å². The molecular formula is C18H13F2N5O. The standard InChI is InChI=1S/C18H13F2N5O/c19-14-7-12(14)18(26)23-15-6-10-5-9(2-4-25(10)24-15)13-8-22-17-11(16(13)20)1-3-21-17/h1-6,8,12,14H,7H2,(H,21,22)(H,23,24,26)/t12-,14+/m1/s1. The third-order valence-corrected chi connectivity index (χ3v) is 4.60. The molecule has 26 heavy (non-hydrogen) atoms. The maximum atomic E-state index is 14.7. The summed E-state index contributed by atoms with van der Waals surface area (Å²) >= 11 is 0. The average Bonchev–Trinajstić information content (AvgIpc) is 3.03. The van der Waals surface area contributed by atoms with E-state index in [4.69, 9.17) is 0 Å². The maximum absolute atomic E-state index is 14.7. The first-order valence-electron chi connectivity index (χ1n) is 8.16. The van der Waals surface area contributed by atoms with Crippen molar-refractivity contribution < 1.29 is 13.6 Å². The number of carbonyl (C=O) groups excluding carboxylic acids is 1. The molecule has 0 spiro atoms. The van der Waals surface area contributed by atoms with Crippen LogP contribution in [0.3, 0.4) is 0 Å². The number of rotatable bonds is 3. The molecule has 0 bridgehead atoms. The summed E-state index contributed by atoms with van der Waals surface area (Å²) in [5, 5.41) is 7.27. The van der Waals surface area contributed by atoms with Gasteiger partial charge in [-0.2, -0.15) is 5.10 Å². The molecule has 4 aromatic heterocycles. The molecule has 1 aliphatic carbocycles. The second-order valence-electron chi connectivity index (χ2n) is 6.39. The van der Waals surface area contributed by atoms with Crippen molar-refractivity contribution >= 4 is 28.3 Å². The molecule has 4 heterocycles. The minimum Gasteiger partial charge on any atom is -0.346 e. The van der Waals surface area contributed by atoms with Gasteiger partial charge in [-0.3, -0.25) is 4.79 Å². The molecule has 0 radical (unpaired) electrons. The highest BCUT2D eigenvalue weighted by atomic mass is 19.1. The third kappa shape index (κ3) is 2.33. The van der Waals surface area contributed by atoms with Crippen LogP contribution in [0, 0.1) is 11.7 Å². The predicted molar refractivity (Wildman–Crippen MR) is 91.9 cm³/mol. The smallest absolute Gasteiger partial charge is 0.231 e. The van der Waals surface area contributed by atoms with Crippen LogP contribution < -0.4 is 5.32 Å². The van der Waals surface area contributed by atoms with Gasteiger partial charge in [-0.05, 0) is 30.2 Å². The topological polar surface area (TPSA) is 75.1 Å². The van der Waals surface area contributed by atoms with Crippen molar-refractivity contribution in [2.45, 2.75) is 12.6 Å². The van der Waals surface area contributed by atoms with E-state index in [-0.39, 0.29) is 18.1 Å². The highest BCUT2D eigenvalue weighted by Crippen LogP contribution is 2.34. The first kappa shape index (κ1) is 15.0. The van der Waals surface area contributed by atoms with Gasteiger partial charge in [0.2, 0.25) is 5.91 Å². The van der Waals surface area contributed by atoms with Gasteiger partial charge in [-0.15, -0.1) is 0 Å². The number of H-pyrrole nitrogens is 1. The van der Waals surface area contributed by atoms with E-state index < -0.39 is 12.1 Å². The van der Waals surface area contributed by atoms with Gasteiger partial charge in [0.05, 0.1) is 16.8 Å². The molecule has 5 rings (SSSR count). The zero-order valence-electron chi connectivity index (χ0n) is 13.4. The number of alkyl halides is 1. The largest absolute Gasteiger partial charge is 0.346 e. The van der Waals surface area contributed by atoms with E-state index in [0.717, 1.165) is 0 Å². The average molecular weight is 353 g/mol.